The van der Waals surface area contributed by atoms with Gasteiger partial charge in [0.1, 0.15) is 23.2 Å². The van der Waals surface area contributed by atoms with Crippen LogP contribution in [0, 0.1) is 11.3 Å². The molecular formula is C17H18N6OS. The van der Waals surface area contributed by atoms with Crippen molar-refractivity contribution in [3.8, 4) is 6.07 Å². The topological polar surface area (TPSA) is 103 Å². The summed E-state index contributed by atoms with van der Waals surface area (Å²) in [4.78, 5) is 8.81. The van der Waals surface area contributed by atoms with Crippen LogP contribution in [-0.2, 0) is 7.05 Å². The fraction of sp³-hybridized carbons (Fsp3) is 0.294. The first kappa shape index (κ1) is 17.0. The van der Waals surface area contributed by atoms with E-state index in [-0.39, 0.29) is 23.0 Å². The number of nitrogens with zero attached hydrogens (tertiary/aromatic N) is 5. The maximum atomic E-state index is 10.4. The normalized spacial score (nSPS) is 12.4. The van der Waals surface area contributed by atoms with Gasteiger partial charge in [-0.15, -0.1) is 5.10 Å². The first-order valence-electron chi connectivity index (χ1n) is 7.80. The Bertz CT molecular complexity index is 979. The van der Waals surface area contributed by atoms with Gasteiger partial charge in [-0.3, -0.25) is 5.10 Å². The second kappa shape index (κ2) is 6.99. The number of para-hydroxylation sites is 2. The van der Waals surface area contributed by atoms with E-state index in [1.54, 1.807) is 4.57 Å². The Morgan fingerprint density at radius 2 is 2.12 bits per heavy atom. The van der Waals surface area contributed by atoms with Crippen LogP contribution in [0.3, 0.4) is 0 Å². The van der Waals surface area contributed by atoms with Gasteiger partial charge in [0, 0.05) is 13.0 Å². The van der Waals surface area contributed by atoms with Gasteiger partial charge in [0.2, 0.25) is 5.16 Å². The number of nitrogens with one attached hydrogen (secondary N) is 1. The van der Waals surface area contributed by atoms with E-state index >= 15 is 0 Å². The average Bonchev–Trinajstić information content (AvgIpc) is 3.20. The predicted molar refractivity (Wildman–Crippen MR) is 97.1 cm³/mol. The monoisotopic (exact) mass is 354 g/mol. The molecule has 0 aliphatic rings. The molecule has 0 saturated heterocycles. The maximum Gasteiger partial charge on any atom is 0.208 e. The second-order valence-corrected chi connectivity index (χ2v) is 6.81. The van der Waals surface area contributed by atoms with Gasteiger partial charge < -0.3 is 9.67 Å². The third kappa shape index (κ3) is 3.37. The van der Waals surface area contributed by atoms with E-state index in [0.717, 1.165) is 16.9 Å². The second-order valence-electron chi connectivity index (χ2n) is 5.86. The summed E-state index contributed by atoms with van der Waals surface area (Å²) < 4.78 is 1.80. The number of thioether (sulfide) groups is 1. The molecule has 2 heterocycles. The summed E-state index contributed by atoms with van der Waals surface area (Å²) in [5, 5.41) is 27.4. The van der Waals surface area contributed by atoms with Gasteiger partial charge in [0.25, 0.3) is 0 Å². The number of benzene rings is 1. The summed E-state index contributed by atoms with van der Waals surface area (Å²) in [6, 6.07) is 9.66. The summed E-state index contributed by atoms with van der Waals surface area (Å²) in [6.07, 6.45) is 0. The number of hydrogen-bond acceptors (Lipinski definition) is 6. The lowest BCUT2D eigenvalue weighted by atomic mass is 10.2. The van der Waals surface area contributed by atoms with Crippen molar-refractivity contribution >= 4 is 28.4 Å². The lowest BCUT2D eigenvalue weighted by Crippen LogP contribution is -2.01. The Balaban J connectivity index is 1.86. The number of fused-ring (bicyclic) bond motifs is 1. The molecule has 25 heavy (non-hydrogen) atoms. The van der Waals surface area contributed by atoms with Crippen molar-refractivity contribution in [1.82, 2.24) is 24.7 Å². The molecule has 3 aromatic rings. The number of H-pyrrole nitrogens is 1. The summed E-state index contributed by atoms with van der Waals surface area (Å²) >= 11 is 1.27. The van der Waals surface area contributed by atoms with Crippen LogP contribution in [0.15, 0.2) is 35.2 Å². The third-order valence-electron chi connectivity index (χ3n) is 3.78. The van der Waals surface area contributed by atoms with Gasteiger partial charge in [-0.2, -0.15) is 5.26 Å². The Morgan fingerprint density at radius 3 is 2.76 bits per heavy atom. The molecule has 0 atom stereocenters. The van der Waals surface area contributed by atoms with Gasteiger partial charge in [0.15, 0.2) is 5.82 Å². The van der Waals surface area contributed by atoms with Crippen molar-refractivity contribution < 1.29 is 5.11 Å². The zero-order valence-corrected chi connectivity index (χ0v) is 15.0. The molecule has 0 radical (unpaired) electrons. The minimum atomic E-state index is -0.0400. The Kier molecular flexibility index (Phi) is 4.76. The first-order chi connectivity index (χ1) is 12.0. The highest BCUT2D eigenvalue weighted by Crippen LogP contribution is 2.25. The van der Waals surface area contributed by atoms with Gasteiger partial charge in [-0.05, 0) is 12.1 Å². The quantitative estimate of drug-likeness (QED) is 0.413. The highest BCUT2D eigenvalue weighted by molar-refractivity contribution is 7.99. The predicted octanol–water partition coefficient (Wildman–Crippen LogP) is 3.40. The molecular weight excluding hydrogens is 336 g/mol. The zero-order valence-electron chi connectivity index (χ0n) is 14.2. The summed E-state index contributed by atoms with van der Waals surface area (Å²) in [6.45, 7) is 4.04. The van der Waals surface area contributed by atoms with Crippen molar-refractivity contribution in [3.05, 3.63) is 41.7 Å². The first-order valence-corrected chi connectivity index (χ1v) is 8.79. The molecule has 0 unspecified atom stereocenters. The molecule has 0 aliphatic carbocycles. The van der Waals surface area contributed by atoms with E-state index in [1.807, 2.05) is 45.2 Å². The summed E-state index contributed by atoms with van der Waals surface area (Å²) in [5.74, 6) is 1.64. The van der Waals surface area contributed by atoms with Crippen molar-refractivity contribution in [1.29, 1.82) is 5.26 Å². The fourth-order valence-electron chi connectivity index (χ4n) is 2.40. The molecule has 2 N–H and O–H groups in total. The van der Waals surface area contributed by atoms with Crippen molar-refractivity contribution in [2.45, 2.75) is 24.9 Å². The highest BCUT2D eigenvalue weighted by Gasteiger charge is 2.17. The molecule has 2 aromatic heterocycles. The molecule has 0 amide bonds. The molecule has 0 saturated carbocycles. The number of aliphatic hydroxyl groups is 1. The minimum absolute atomic E-state index is 0.0400. The Labute approximate surface area is 149 Å². The van der Waals surface area contributed by atoms with Crippen LogP contribution in [-0.4, -0.2) is 35.6 Å². The molecule has 1 aromatic carbocycles. The van der Waals surface area contributed by atoms with Crippen LogP contribution in [0.4, 0.5) is 0 Å². The Hall–Kier alpha value is -2.79. The van der Waals surface area contributed by atoms with E-state index in [0.29, 0.717) is 11.0 Å². The average molecular weight is 354 g/mol. The molecule has 7 nitrogen and oxygen atoms in total. The van der Waals surface area contributed by atoms with Crippen molar-refractivity contribution in [3.63, 3.8) is 0 Å². The fourth-order valence-corrected chi connectivity index (χ4v) is 3.08. The maximum absolute atomic E-state index is 10.4. The third-order valence-corrected chi connectivity index (χ3v) is 4.64. The van der Waals surface area contributed by atoms with E-state index < -0.39 is 0 Å². The highest BCUT2D eigenvalue weighted by atomic mass is 32.2. The van der Waals surface area contributed by atoms with Gasteiger partial charge in [-0.25, -0.2) is 9.97 Å². The number of aryl methyl sites for hydroxylation is 1. The van der Waals surface area contributed by atoms with Gasteiger partial charge in [-0.1, -0.05) is 37.7 Å². The van der Waals surface area contributed by atoms with Crippen LogP contribution >= 0.6 is 11.8 Å². The number of aromatic nitrogens is 5. The molecule has 0 bridgehead atoms. The van der Waals surface area contributed by atoms with Crippen LogP contribution < -0.4 is 0 Å². The number of hydrogen-bond donors (Lipinski definition) is 2. The number of aliphatic hydroxyl groups excluding tert-OH is 1. The number of nitriles is 1. The van der Waals surface area contributed by atoms with E-state index in [1.165, 1.54) is 11.8 Å². The summed E-state index contributed by atoms with van der Waals surface area (Å²) in [7, 11) is 1.83. The number of rotatable bonds is 5. The SMILES string of the molecule is CC(C)c1nc(SC/C(O)=C(\C#N)c2nc3ccccc3n2C)n[nH]1. The molecule has 0 aliphatic heterocycles. The van der Waals surface area contributed by atoms with Crippen LogP contribution in [0.25, 0.3) is 16.6 Å². The molecule has 3 rings (SSSR count). The smallest absolute Gasteiger partial charge is 0.208 e. The largest absolute Gasteiger partial charge is 0.510 e. The lowest BCUT2D eigenvalue weighted by Gasteiger charge is -2.04. The van der Waals surface area contributed by atoms with Crippen molar-refractivity contribution in [2.75, 3.05) is 5.75 Å². The van der Waals surface area contributed by atoms with Gasteiger partial charge >= 0.3 is 0 Å². The molecule has 128 valence electrons. The molecule has 0 spiro atoms. The van der Waals surface area contributed by atoms with E-state index in [9.17, 15) is 10.4 Å². The summed E-state index contributed by atoms with van der Waals surface area (Å²) in [5.41, 5.74) is 1.84. The van der Waals surface area contributed by atoms with Gasteiger partial charge in [0.05, 0.1) is 16.8 Å². The minimum Gasteiger partial charge on any atom is -0.510 e. The lowest BCUT2D eigenvalue weighted by molar-refractivity contribution is 0.420. The van der Waals surface area contributed by atoms with Crippen LogP contribution in [0.5, 0.6) is 0 Å². The molecule has 0 fully saturated rings. The van der Waals surface area contributed by atoms with Crippen LogP contribution in [0.2, 0.25) is 0 Å². The zero-order chi connectivity index (χ0) is 18.0. The van der Waals surface area contributed by atoms with E-state index in [2.05, 4.69) is 26.2 Å². The standard InChI is InChI=1S/C17H18N6OS/c1-10(2)15-20-17(22-21-15)25-9-14(24)11(8-18)16-19-12-6-4-5-7-13(12)23(16)3/h4-7,10,24H,9H2,1-3H3,(H,20,21,22)/b14-11-. The number of allylic oxidation sites excluding steroid dienone is 1. The molecule has 8 heteroatoms. The number of imidazole rings is 1. The van der Waals surface area contributed by atoms with Crippen LogP contribution in [0.1, 0.15) is 31.4 Å². The van der Waals surface area contributed by atoms with E-state index in [4.69, 9.17) is 0 Å². The Morgan fingerprint density at radius 1 is 1.36 bits per heavy atom. The number of aromatic amines is 1. The van der Waals surface area contributed by atoms with Crippen molar-refractivity contribution in [2.24, 2.45) is 7.05 Å².